The average Bonchev–Trinajstić information content (AvgIpc) is 2.28. The minimum Gasteiger partial charge on any atom is -0.370 e. The third-order valence-corrected chi connectivity index (χ3v) is 2.33. The molecule has 0 spiro atoms. The molecule has 0 amide bonds. The quantitative estimate of drug-likeness (QED) is 0.355. The van der Waals surface area contributed by atoms with E-state index in [9.17, 15) is 10.1 Å². The lowest BCUT2D eigenvalue weighted by atomic mass is 10.2. The summed E-state index contributed by atoms with van der Waals surface area (Å²) >= 11 is 0. The highest BCUT2D eigenvalue weighted by Crippen LogP contribution is 2.18. The third kappa shape index (κ3) is 4.11. The maximum absolute atomic E-state index is 10.6. The van der Waals surface area contributed by atoms with E-state index >= 15 is 0 Å². The van der Waals surface area contributed by atoms with Crippen molar-refractivity contribution in [1.82, 2.24) is 4.98 Å². The van der Waals surface area contributed by atoms with E-state index in [1.807, 2.05) is 0 Å². The molecule has 0 bridgehead atoms. The number of nitrogens with one attached hydrogen (secondary N) is 1. The van der Waals surface area contributed by atoms with Crippen LogP contribution in [-0.4, -0.2) is 16.5 Å². The summed E-state index contributed by atoms with van der Waals surface area (Å²) in [7, 11) is 0. The average molecular weight is 233 g/mol. The molecule has 0 aliphatic rings. The fourth-order valence-electron chi connectivity index (χ4n) is 1.41. The van der Waals surface area contributed by atoms with Gasteiger partial charge in [-0.1, -0.05) is 0 Å². The normalized spacial score (nSPS) is 9.65. The van der Waals surface area contributed by atoms with Gasteiger partial charge in [0.15, 0.2) is 0 Å². The number of nitro groups is 1. The number of rotatable bonds is 6. The molecule has 1 N–H and O–H groups in total. The largest absolute Gasteiger partial charge is 0.370 e. The topological polar surface area (TPSA) is 68.1 Å². The summed E-state index contributed by atoms with van der Waals surface area (Å²) in [5, 5.41) is 13.7. The van der Waals surface area contributed by atoms with Crippen LogP contribution in [0.2, 0.25) is 0 Å². The summed E-state index contributed by atoms with van der Waals surface area (Å²) in [5.41, 5.74) is 0.652. The molecule has 5 heteroatoms. The van der Waals surface area contributed by atoms with Crippen LogP contribution in [0.1, 0.15) is 24.8 Å². The van der Waals surface area contributed by atoms with Crippen molar-refractivity contribution in [3.63, 3.8) is 0 Å². The summed E-state index contributed by atoms with van der Waals surface area (Å²) < 4.78 is 0. The highest BCUT2D eigenvalue weighted by molar-refractivity contribution is 5.46. The van der Waals surface area contributed by atoms with Crippen molar-refractivity contribution in [2.45, 2.75) is 26.2 Å². The van der Waals surface area contributed by atoms with E-state index in [-0.39, 0.29) is 5.69 Å². The fourth-order valence-corrected chi connectivity index (χ4v) is 1.41. The fraction of sp³-hybridized carbons (Fsp3) is 0.417. The van der Waals surface area contributed by atoms with Crippen molar-refractivity contribution >= 4 is 11.5 Å². The van der Waals surface area contributed by atoms with Gasteiger partial charge < -0.3 is 5.32 Å². The highest BCUT2D eigenvalue weighted by Gasteiger charge is 2.10. The zero-order chi connectivity index (χ0) is 12.7. The van der Waals surface area contributed by atoms with Gasteiger partial charge in [0.25, 0.3) is 5.69 Å². The van der Waals surface area contributed by atoms with Crippen LogP contribution in [0.5, 0.6) is 0 Å². The molecule has 0 fully saturated rings. The molecule has 17 heavy (non-hydrogen) atoms. The molecule has 5 nitrogen and oxygen atoms in total. The molecule has 0 saturated heterocycles. The maximum Gasteiger partial charge on any atom is 0.290 e. The van der Waals surface area contributed by atoms with Crippen LogP contribution >= 0.6 is 0 Å². The van der Waals surface area contributed by atoms with Crippen molar-refractivity contribution < 1.29 is 4.92 Å². The van der Waals surface area contributed by atoms with E-state index in [1.54, 1.807) is 13.0 Å². The first-order chi connectivity index (χ1) is 8.15. The van der Waals surface area contributed by atoms with Gasteiger partial charge in [0.05, 0.1) is 4.92 Å². The van der Waals surface area contributed by atoms with Crippen molar-refractivity contribution in [2.75, 3.05) is 11.9 Å². The van der Waals surface area contributed by atoms with Gasteiger partial charge in [0, 0.05) is 18.5 Å². The maximum atomic E-state index is 10.6. The molecule has 1 heterocycles. The van der Waals surface area contributed by atoms with Gasteiger partial charge in [-0.3, -0.25) is 10.1 Å². The molecule has 0 aromatic carbocycles. The van der Waals surface area contributed by atoms with Gasteiger partial charge in [0.2, 0.25) is 0 Å². The first-order valence-corrected chi connectivity index (χ1v) is 5.43. The molecule has 1 aromatic heterocycles. The van der Waals surface area contributed by atoms with Gasteiger partial charge in [-0.2, -0.15) is 0 Å². The molecule has 0 aliphatic heterocycles. The van der Waals surface area contributed by atoms with E-state index in [0.29, 0.717) is 11.4 Å². The Balaban J connectivity index is 2.48. The predicted molar refractivity (Wildman–Crippen MR) is 66.8 cm³/mol. The van der Waals surface area contributed by atoms with E-state index in [2.05, 4.69) is 16.2 Å². The second kappa shape index (κ2) is 6.48. The van der Waals surface area contributed by atoms with Gasteiger partial charge in [-0.15, -0.1) is 12.3 Å². The summed E-state index contributed by atoms with van der Waals surface area (Å²) in [4.78, 5) is 14.1. The summed E-state index contributed by atoms with van der Waals surface area (Å²) in [5.74, 6) is 3.24. The van der Waals surface area contributed by atoms with Gasteiger partial charge in [-0.25, -0.2) is 4.98 Å². The standard InChI is InChI=1S/C12H15N3O2/c1-3-4-5-6-7-13-12-8-10(2)11(9-14-12)15(16)17/h1,8-9H,4-7H2,2H3,(H,13,14). The van der Waals surface area contributed by atoms with E-state index in [4.69, 9.17) is 6.42 Å². The van der Waals surface area contributed by atoms with Crippen LogP contribution in [-0.2, 0) is 0 Å². The molecule has 1 rings (SSSR count). The van der Waals surface area contributed by atoms with Crippen molar-refractivity contribution in [3.05, 3.63) is 27.9 Å². The zero-order valence-electron chi connectivity index (χ0n) is 9.77. The highest BCUT2D eigenvalue weighted by atomic mass is 16.6. The lowest BCUT2D eigenvalue weighted by molar-refractivity contribution is -0.385. The van der Waals surface area contributed by atoms with E-state index in [1.165, 1.54) is 6.20 Å². The predicted octanol–water partition coefficient (Wildman–Crippen LogP) is 2.51. The summed E-state index contributed by atoms with van der Waals surface area (Å²) in [6, 6.07) is 1.68. The van der Waals surface area contributed by atoms with Crippen LogP contribution in [0, 0.1) is 29.4 Å². The minimum absolute atomic E-state index is 0.0443. The van der Waals surface area contributed by atoms with Crippen LogP contribution in [0.25, 0.3) is 0 Å². The summed E-state index contributed by atoms with van der Waals surface area (Å²) in [6.45, 7) is 2.47. The van der Waals surface area contributed by atoms with E-state index in [0.717, 1.165) is 25.8 Å². The van der Waals surface area contributed by atoms with Crippen LogP contribution in [0.4, 0.5) is 11.5 Å². The molecule has 0 unspecified atom stereocenters. The number of nitrogens with zero attached hydrogens (tertiary/aromatic N) is 2. The molecule has 0 saturated carbocycles. The lowest BCUT2D eigenvalue weighted by Gasteiger charge is -2.05. The second-order valence-corrected chi connectivity index (χ2v) is 3.70. The van der Waals surface area contributed by atoms with Crippen LogP contribution in [0.15, 0.2) is 12.3 Å². The molecule has 0 radical (unpaired) electrons. The molecule has 90 valence electrons. The molecule has 0 atom stereocenters. The SMILES string of the molecule is C#CCCCCNc1cc(C)c([N+](=O)[O-])cn1. The number of hydrogen-bond donors (Lipinski definition) is 1. The van der Waals surface area contributed by atoms with Gasteiger partial charge >= 0.3 is 0 Å². The third-order valence-electron chi connectivity index (χ3n) is 2.33. The first-order valence-electron chi connectivity index (χ1n) is 5.43. The Hall–Kier alpha value is -2.09. The lowest BCUT2D eigenvalue weighted by Crippen LogP contribution is -2.04. The smallest absolute Gasteiger partial charge is 0.290 e. The van der Waals surface area contributed by atoms with Crippen LogP contribution < -0.4 is 5.32 Å². The Labute approximate surface area is 100 Å². The Kier molecular flexibility index (Phi) is 4.95. The van der Waals surface area contributed by atoms with E-state index < -0.39 is 4.92 Å². The Morgan fingerprint density at radius 1 is 1.59 bits per heavy atom. The summed E-state index contributed by atoms with van der Waals surface area (Å²) in [6.07, 6.45) is 9.12. The minimum atomic E-state index is -0.432. The number of anilines is 1. The number of terminal acetylenes is 1. The zero-order valence-corrected chi connectivity index (χ0v) is 9.77. The van der Waals surface area contributed by atoms with Crippen molar-refractivity contribution in [1.29, 1.82) is 0 Å². The molecule has 0 aliphatic carbocycles. The van der Waals surface area contributed by atoms with Crippen molar-refractivity contribution in [3.8, 4) is 12.3 Å². The first kappa shape index (κ1) is 13.0. The van der Waals surface area contributed by atoms with Crippen LogP contribution in [0.3, 0.4) is 0 Å². The molecule has 1 aromatic rings. The monoisotopic (exact) mass is 233 g/mol. The number of unbranched alkanes of at least 4 members (excludes halogenated alkanes) is 2. The second-order valence-electron chi connectivity index (χ2n) is 3.70. The molecular formula is C12H15N3O2. The Morgan fingerprint density at radius 2 is 2.35 bits per heavy atom. The number of aryl methyl sites for hydroxylation is 1. The number of aromatic nitrogens is 1. The molecular weight excluding hydrogens is 218 g/mol. The Bertz CT molecular complexity index is 438. The van der Waals surface area contributed by atoms with Gasteiger partial charge in [0.1, 0.15) is 12.0 Å². The van der Waals surface area contributed by atoms with Crippen molar-refractivity contribution in [2.24, 2.45) is 0 Å². The number of pyridine rings is 1. The number of hydrogen-bond acceptors (Lipinski definition) is 4. The Morgan fingerprint density at radius 3 is 2.94 bits per heavy atom. The van der Waals surface area contributed by atoms with Gasteiger partial charge in [-0.05, 0) is 25.8 Å².